The first kappa shape index (κ1) is 13.4. The summed E-state index contributed by atoms with van der Waals surface area (Å²) < 4.78 is 5.41. The van der Waals surface area contributed by atoms with Crippen molar-refractivity contribution in [3.8, 4) is 0 Å². The molecule has 3 rings (SSSR count). The molecule has 2 fully saturated rings. The summed E-state index contributed by atoms with van der Waals surface area (Å²) in [7, 11) is 0. The number of hydrogen-bond acceptors (Lipinski definition) is 3. The monoisotopic (exact) mass is 274 g/mol. The van der Waals surface area contributed by atoms with Gasteiger partial charge in [-0.2, -0.15) is 0 Å². The molecular weight excluding hydrogens is 252 g/mol. The van der Waals surface area contributed by atoms with Crippen LogP contribution >= 0.6 is 0 Å². The average Bonchev–Trinajstić information content (AvgIpc) is 2.24. The molecule has 1 aromatic carbocycles. The average molecular weight is 274 g/mol. The van der Waals surface area contributed by atoms with Crippen LogP contribution < -0.4 is 5.32 Å². The number of carbonyl (C=O) groups excluding carboxylic acids is 1. The van der Waals surface area contributed by atoms with Crippen molar-refractivity contribution in [2.24, 2.45) is 5.41 Å². The van der Waals surface area contributed by atoms with E-state index in [9.17, 15) is 4.79 Å². The summed E-state index contributed by atoms with van der Waals surface area (Å²) in [4.78, 5) is 13.8. The molecule has 0 unspecified atom stereocenters. The third-order valence-corrected chi connectivity index (χ3v) is 4.07. The SMILES string of the molecule is CC(C)(C)OC(=O)N1CC2(CN[C@@H]2c2ccccc2)C1. The highest BCUT2D eigenvalue weighted by Crippen LogP contribution is 2.48. The lowest BCUT2D eigenvalue weighted by Crippen LogP contribution is -2.73. The first-order valence-electron chi connectivity index (χ1n) is 7.16. The van der Waals surface area contributed by atoms with Gasteiger partial charge in [0, 0.05) is 31.1 Å². The zero-order valence-corrected chi connectivity index (χ0v) is 12.3. The van der Waals surface area contributed by atoms with Crippen LogP contribution in [0.2, 0.25) is 0 Å². The van der Waals surface area contributed by atoms with Crippen LogP contribution in [0.3, 0.4) is 0 Å². The summed E-state index contributed by atoms with van der Waals surface area (Å²) in [6.45, 7) is 8.25. The fourth-order valence-corrected chi connectivity index (χ4v) is 3.07. The van der Waals surface area contributed by atoms with Crippen molar-refractivity contribution >= 4 is 6.09 Å². The van der Waals surface area contributed by atoms with Gasteiger partial charge in [0.05, 0.1) is 0 Å². The highest BCUT2D eigenvalue weighted by atomic mass is 16.6. The predicted molar refractivity (Wildman–Crippen MR) is 77.4 cm³/mol. The summed E-state index contributed by atoms with van der Waals surface area (Å²) in [6, 6.07) is 10.8. The summed E-state index contributed by atoms with van der Waals surface area (Å²) in [6.07, 6.45) is -0.193. The van der Waals surface area contributed by atoms with Gasteiger partial charge in [0.2, 0.25) is 0 Å². The van der Waals surface area contributed by atoms with E-state index in [0.717, 1.165) is 19.6 Å². The number of carbonyl (C=O) groups is 1. The molecule has 0 aromatic heterocycles. The Balaban J connectivity index is 1.61. The lowest BCUT2D eigenvalue weighted by Gasteiger charge is -2.60. The molecule has 1 N–H and O–H groups in total. The Hall–Kier alpha value is -1.55. The van der Waals surface area contributed by atoms with Crippen LogP contribution in [-0.4, -0.2) is 36.2 Å². The molecule has 4 nitrogen and oxygen atoms in total. The molecule has 0 bridgehead atoms. The lowest BCUT2D eigenvalue weighted by atomic mass is 9.65. The van der Waals surface area contributed by atoms with Crippen LogP contribution in [-0.2, 0) is 4.74 Å². The van der Waals surface area contributed by atoms with Gasteiger partial charge in [0.15, 0.2) is 0 Å². The molecule has 2 heterocycles. The molecule has 0 aliphatic carbocycles. The van der Waals surface area contributed by atoms with Crippen LogP contribution in [0.4, 0.5) is 4.79 Å². The Bertz CT molecular complexity index is 501. The van der Waals surface area contributed by atoms with Crippen molar-refractivity contribution in [2.75, 3.05) is 19.6 Å². The second-order valence-electron chi connectivity index (χ2n) is 6.92. The fourth-order valence-electron chi connectivity index (χ4n) is 3.07. The number of likely N-dealkylation sites (tertiary alicyclic amines) is 1. The topological polar surface area (TPSA) is 41.6 Å². The summed E-state index contributed by atoms with van der Waals surface area (Å²) in [5.41, 5.74) is 1.09. The molecular formula is C16H22N2O2. The van der Waals surface area contributed by atoms with Gasteiger partial charge in [-0.3, -0.25) is 0 Å². The predicted octanol–water partition coefficient (Wildman–Crippen LogP) is 2.57. The van der Waals surface area contributed by atoms with Crippen molar-refractivity contribution < 1.29 is 9.53 Å². The molecule has 1 spiro atoms. The number of ether oxygens (including phenoxy) is 1. The standard InChI is InChI=1S/C16H22N2O2/c1-15(2,3)20-14(19)18-10-16(11-18)9-17-13(16)12-7-5-4-6-8-12/h4-8,13,17H,9-11H2,1-3H3/t13-/m1/s1. The highest BCUT2D eigenvalue weighted by Gasteiger charge is 2.57. The second kappa shape index (κ2) is 4.48. The van der Waals surface area contributed by atoms with E-state index < -0.39 is 5.60 Å². The molecule has 0 saturated carbocycles. The molecule has 1 amide bonds. The van der Waals surface area contributed by atoms with Gasteiger partial charge in [-0.15, -0.1) is 0 Å². The maximum absolute atomic E-state index is 12.0. The minimum Gasteiger partial charge on any atom is -0.444 e. The maximum atomic E-state index is 12.0. The van der Waals surface area contributed by atoms with Crippen LogP contribution in [0.15, 0.2) is 30.3 Å². The van der Waals surface area contributed by atoms with Gasteiger partial charge in [-0.25, -0.2) is 4.79 Å². The fraction of sp³-hybridized carbons (Fsp3) is 0.562. The Labute approximate surface area is 120 Å². The molecule has 20 heavy (non-hydrogen) atoms. The van der Waals surface area contributed by atoms with Crippen LogP contribution in [0.5, 0.6) is 0 Å². The number of amides is 1. The van der Waals surface area contributed by atoms with E-state index >= 15 is 0 Å². The smallest absolute Gasteiger partial charge is 0.410 e. The second-order valence-corrected chi connectivity index (χ2v) is 6.92. The van der Waals surface area contributed by atoms with E-state index in [1.165, 1.54) is 5.56 Å². The Kier molecular flexibility index (Phi) is 3.01. The number of benzene rings is 1. The Morgan fingerprint density at radius 1 is 1.30 bits per heavy atom. The first-order valence-corrected chi connectivity index (χ1v) is 7.16. The molecule has 108 valence electrons. The van der Waals surface area contributed by atoms with Crippen molar-refractivity contribution in [2.45, 2.75) is 32.4 Å². The van der Waals surface area contributed by atoms with E-state index in [1.807, 2.05) is 31.7 Å². The molecule has 2 aliphatic rings. The Morgan fingerprint density at radius 2 is 1.95 bits per heavy atom. The van der Waals surface area contributed by atoms with E-state index in [-0.39, 0.29) is 11.5 Å². The molecule has 2 saturated heterocycles. The van der Waals surface area contributed by atoms with Gasteiger partial charge >= 0.3 is 6.09 Å². The third kappa shape index (κ3) is 2.29. The number of rotatable bonds is 1. The number of hydrogen-bond donors (Lipinski definition) is 1. The summed E-state index contributed by atoms with van der Waals surface area (Å²) in [5, 5.41) is 3.48. The van der Waals surface area contributed by atoms with Crippen molar-refractivity contribution in [1.82, 2.24) is 10.2 Å². The van der Waals surface area contributed by atoms with Crippen molar-refractivity contribution in [3.63, 3.8) is 0 Å². The van der Waals surface area contributed by atoms with Crippen molar-refractivity contribution in [1.29, 1.82) is 0 Å². The zero-order chi connectivity index (χ0) is 14.4. The molecule has 2 aliphatic heterocycles. The van der Waals surface area contributed by atoms with Crippen LogP contribution in [0, 0.1) is 5.41 Å². The normalized spacial score (nSPS) is 23.9. The highest BCUT2D eigenvalue weighted by molar-refractivity contribution is 5.69. The molecule has 1 atom stereocenters. The van der Waals surface area contributed by atoms with Crippen molar-refractivity contribution in [3.05, 3.63) is 35.9 Å². The third-order valence-electron chi connectivity index (χ3n) is 4.07. The van der Waals surface area contributed by atoms with E-state index in [0.29, 0.717) is 6.04 Å². The molecule has 0 radical (unpaired) electrons. The lowest BCUT2D eigenvalue weighted by molar-refractivity contribution is -0.0854. The molecule has 1 aromatic rings. The quantitative estimate of drug-likeness (QED) is 0.855. The molecule has 4 heteroatoms. The summed E-state index contributed by atoms with van der Waals surface area (Å²) in [5.74, 6) is 0. The first-order chi connectivity index (χ1) is 9.40. The van der Waals surface area contributed by atoms with E-state index in [2.05, 4.69) is 29.6 Å². The summed E-state index contributed by atoms with van der Waals surface area (Å²) >= 11 is 0. The minimum absolute atomic E-state index is 0.193. The van der Waals surface area contributed by atoms with Gasteiger partial charge in [0.25, 0.3) is 0 Å². The largest absolute Gasteiger partial charge is 0.444 e. The Morgan fingerprint density at radius 3 is 2.45 bits per heavy atom. The van der Waals surface area contributed by atoms with E-state index in [4.69, 9.17) is 4.74 Å². The number of nitrogens with zero attached hydrogens (tertiary/aromatic N) is 1. The van der Waals surface area contributed by atoms with Crippen LogP contribution in [0.25, 0.3) is 0 Å². The minimum atomic E-state index is -0.420. The van der Waals surface area contributed by atoms with Crippen LogP contribution in [0.1, 0.15) is 32.4 Å². The van der Waals surface area contributed by atoms with Gasteiger partial charge < -0.3 is 15.0 Å². The van der Waals surface area contributed by atoms with Gasteiger partial charge in [-0.1, -0.05) is 30.3 Å². The maximum Gasteiger partial charge on any atom is 0.410 e. The zero-order valence-electron chi connectivity index (χ0n) is 12.3. The van der Waals surface area contributed by atoms with Gasteiger partial charge in [0.1, 0.15) is 5.60 Å². The van der Waals surface area contributed by atoms with Gasteiger partial charge in [-0.05, 0) is 26.3 Å². The van der Waals surface area contributed by atoms with E-state index in [1.54, 1.807) is 0 Å². The number of nitrogens with one attached hydrogen (secondary N) is 1.